The van der Waals surface area contributed by atoms with E-state index >= 15 is 0 Å². The van der Waals surface area contributed by atoms with Crippen molar-refractivity contribution < 1.29 is 9.53 Å². The van der Waals surface area contributed by atoms with E-state index in [-0.39, 0.29) is 18.4 Å². The third-order valence-corrected chi connectivity index (χ3v) is 3.98. The molecular formula is C15H23N3O4. The van der Waals surface area contributed by atoms with Gasteiger partial charge in [0.2, 0.25) is 5.91 Å². The van der Waals surface area contributed by atoms with Gasteiger partial charge >= 0.3 is 5.69 Å². The van der Waals surface area contributed by atoms with Gasteiger partial charge in [-0.3, -0.25) is 14.6 Å². The number of rotatable bonds is 5. The first-order chi connectivity index (χ1) is 10.5. The normalized spacial score (nSPS) is 18.5. The standard InChI is InChI=1S/C15H23N3O4/c1-3-22-11-5-4-8-18(9-11)13(19)7-6-12-10(2)16-15(21)17-14(12)20/h11H,3-9H2,1-2H3,(H2,16,17,20,21). The number of aromatic nitrogens is 2. The molecule has 0 aliphatic carbocycles. The predicted octanol–water partition coefficient (Wildman–Crippen LogP) is 0.332. The average Bonchev–Trinajstić information content (AvgIpc) is 2.46. The third kappa shape index (κ3) is 4.07. The maximum atomic E-state index is 12.3. The fourth-order valence-electron chi connectivity index (χ4n) is 2.85. The summed E-state index contributed by atoms with van der Waals surface area (Å²) in [4.78, 5) is 41.8. The number of aryl methyl sites for hydroxylation is 1. The quantitative estimate of drug-likeness (QED) is 0.819. The molecule has 2 heterocycles. The summed E-state index contributed by atoms with van der Waals surface area (Å²) in [6.07, 6.45) is 2.62. The zero-order chi connectivity index (χ0) is 16.1. The van der Waals surface area contributed by atoms with Gasteiger partial charge in [0.15, 0.2) is 0 Å². The predicted molar refractivity (Wildman–Crippen MR) is 82.0 cm³/mol. The molecule has 7 nitrogen and oxygen atoms in total. The van der Waals surface area contributed by atoms with Gasteiger partial charge in [0.25, 0.3) is 5.56 Å². The van der Waals surface area contributed by atoms with Crippen molar-refractivity contribution in [2.75, 3.05) is 19.7 Å². The second kappa shape index (κ2) is 7.40. The van der Waals surface area contributed by atoms with Crippen LogP contribution in [0, 0.1) is 6.92 Å². The number of likely N-dealkylation sites (tertiary alicyclic amines) is 1. The molecule has 0 saturated carbocycles. The van der Waals surface area contributed by atoms with E-state index in [1.165, 1.54) is 0 Å². The molecule has 1 saturated heterocycles. The molecule has 1 aliphatic heterocycles. The van der Waals surface area contributed by atoms with E-state index in [9.17, 15) is 14.4 Å². The van der Waals surface area contributed by atoms with Gasteiger partial charge in [0.05, 0.1) is 6.10 Å². The minimum Gasteiger partial charge on any atom is -0.377 e. The second-order valence-electron chi connectivity index (χ2n) is 5.57. The molecule has 7 heteroatoms. The highest BCUT2D eigenvalue weighted by molar-refractivity contribution is 5.76. The molecule has 122 valence electrons. The number of piperidine rings is 1. The van der Waals surface area contributed by atoms with Crippen molar-refractivity contribution in [1.29, 1.82) is 0 Å². The molecule has 1 unspecified atom stereocenters. The Kier molecular flexibility index (Phi) is 5.54. The summed E-state index contributed by atoms with van der Waals surface area (Å²) in [5, 5.41) is 0. The molecule has 1 atom stereocenters. The number of H-pyrrole nitrogens is 2. The summed E-state index contributed by atoms with van der Waals surface area (Å²) >= 11 is 0. The first-order valence-corrected chi connectivity index (χ1v) is 7.72. The van der Waals surface area contributed by atoms with Gasteiger partial charge in [0.1, 0.15) is 0 Å². The zero-order valence-electron chi connectivity index (χ0n) is 13.1. The lowest BCUT2D eigenvalue weighted by Crippen LogP contribution is -2.43. The molecule has 1 aromatic rings. The number of hydrogen-bond donors (Lipinski definition) is 2. The summed E-state index contributed by atoms with van der Waals surface area (Å²) in [7, 11) is 0. The smallest absolute Gasteiger partial charge is 0.325 e. The molecule has 1 aliphatic rings. The van der Waals surface area contributed by atoms with E-state index in [1.807, 2.05) is 6.92 Å². The van der Waals surface area contributed by atoms with Gasteiger partial charge in [-0.15, -0.1) is 0 Å². The number of nitrogens with one attached hydrogen (secondary N) is 2. The van der Waals surface area contributed by atoms with Crippen LogP contribution in [0.2, 0.25) is 0 Å². The summed E-state index contributed by atoms with van der Waals surface area (Å²) in [6.45, 7) is 5.63. The SMILES string of the molecule is CCOC1CCCN(C(=O)CCc2c(C)[nH]c(=O)[nH]c2=O)C1. The van der Waals surface area contributed by atoms with Gasteiger partial charge in [-0.25, -0.2) is 4.79 Å². The molecule has 0 bridgehead atoms. The molecule has 22 heavy (non-hydrogen) atoms. The van der Waals surface area contributed by atoms with Crippen molar-refractivity contribution in [3.8, 4) is 0 Å². The van der Waals surface area contributed by atoms with Crippen molar-refractivity contribution in [2.45, 2.75) is 45.6 Å². The van der Waals surface area contributed by atoms with Crippen molar-refractivity contribution in [2.24, 2.45) is 0 Å². The molecule has 0 spiro atoms. The van der Waals surface area contributed by atoms with Crippen molar-refractivity contribution >= 4 is 5.91 Å². The minimum absolute atomic E-state index is 0.0226. The Balaban J connectivity index is 1.95. The number of hydrogen-bond acceptors (Lipinski definition) is 4. The number of aromatic amines is 2. The summed E-state index contributed by atoms with van der Waals surface area (Å²) in [6, 6.07) is 0. The van der Waals surface area contributed by atoms with E-state index < -0.39 is 11.2 Å². The topological polar surface area (TPSA) is 95.3 Å². The van der Waals surface area contributed by atoms with E-state index in [0.29, 0.717) is 30.8 Å². The van der Waals surface area contributed by atoms with Crippen LogP contribution in [0.3, 0.4) is 0 Å². The highest BCUT2D eigenvalue weighted by Gasteiger charge is 2.23. The fourth-order valence-corrected chi connectivity index (χ4v) is 2.85. The van der Waals surface area contributed by atoms with Gasteiger partial charge in [-0.05, 0) is 33.1 Å². The van der Waals surface area contributed by atoms with E-state index in [2.05, 4.69) is 9.97 Å². The van der Waals surface area contributed by atoms with Gasteiger partial charge < -0.3 is 14.6 Å². The Morgan fingerprint density at radius 3 is 2.82 bits per heavy atom. The minimum atomic E-state index is -0.520. The monoisotopic (exact) mass is 309 g/mol. The van der Waals surface area contributed by atoms with Crippen LogP contribution in [0.15, 0.2) is 9.59 Å². The molecule has 2 N–H and O–H groups in total. The molecule has 1 aromatic heterocycles. The van der Waals surface area contributed by atoms with Crippen LogP contribution in [-0.4, -0.2) is 46.6 Å². The van der Waals surface area contributed by atoms with Crippen LogP contribution >= 0.6 is 0 Å². The first-order valence-electron chi connectivity index (χ1n) is 7.72. The fraction of sp³-hybridized carbons (Fsp3) is 0.667. The largest absolute Gasteiger partial charge is 0.377 e. The van der Waals surface area contributed by atoms with E-state index in [1.54, 1.807) is 11.8 Å². The van der Waals surface area contributed by atoms with Crippen molar-refractivity contribution in [3.63, 3.8) is 0 Å². The van der Waals surface area contributed by atoms with Crippen molar-refractivity contribution in [3.05, 3.63) is 32.1 Å². The zero-order valence-corrected chi connectivity index (χ0v) is 13.1. The molecule has 0 radical (unpaired) electrons. The maximum Gasteiger partial charge on any atom is 0.325 e. The first kappa shape index (κ1) is 16.5. The van der Waals surface area contributed by atoms with Crippen LogP contribution in [0.4, 0.5) is 0 Å². The lowest BCUT2D eigenvalue weighted by Gasteiger charge is -2.32. The highest BCUT2D eigenvalue weighted by Crippen LogP contribution is 2.14. The van der Waals surface area contributed by atoms with Crippen LogP contribution in [0.1, 0.15) is 37.4 Å². The van der Waals surface area contributed by atoms with Crippen LogP contribution in [0.5, 0.6) is 0 Å². The average molecular weight is 309 g/mol. The lowest BCUT2D eigenvalue weighted by molar-refractivity contribution is -0.135. The summed E-state index contributed by atoms with van der Waals surface area (Å²) in [5.41, 5.74) is 0.0479. The Bertz CT molecular complexity index is 632. The molecule has 1 amide bonds. The van der Waals surface area contributed by atoms with Crippen LogP contribution in [-0.2, 0) is 16.0 Å². The summed E-state index contributed by atoms with van der Waals surface area (Å²) in [5.74, 6) is 0.0226. The van der Waals surface area contributed by atoms with E-state index in [4.69, 9.17) is 4.74 Å². The Morgan fingerprint density at radius 1 is 1.36 bits per heavy atom. The molecule has 1 fully saturated rings. The molecule has 0 aromatic carbocycles. The van der Waals surface area contributed by atoms with Gasteiger partial charge in [0, 0.05) is 37.4 Å². The lowest BCUT2D eigenvalue weighted by atomic mass is 10.1. The molecule has 2 rings (SSSR count). The third-order valence-electron chi connectivity index (χ3n) is 3.98. The number of nitrogens with zero attached hydrogens (tertiary/aromatic N) is 1. The summed E-state index contributed by atoms with van der Waals surface area (Å²) < 4.78 is 5.59. The number of ether oxygens (including phenoxy) is 1. The van der Waals surface area contributed by atoms with Gasteiger partial charge in [-0.1, -0.05) is 0 Å². The second-order valence-corrected chi connectivity index (χ2v) is 5.57. The van der Waals surface area contributed by atoms with Crippen molar-refractivity contribution in [1.82, 2.24) is 14.9 Å². The maximum absolute atomic E-state index is 12.3. The van der Waals surface area contributed by atoms with Gasteiger partial charge in [-0.2, -0.15) is 0 Å². The van der Waals surface area contributed by atoms with E-state index in [0.717, 1.165) is 19.4 Å². The Hall–Kier alpha value is -1.89. The highest BCUT2D eigenvalue weighted by atomic mass is 16.5. The van der Waals surface area contributed by atoms with Crippen LogP contribution < -0.4 is 11.2 Å². The number of amides is 1. The Morgan fingerprint density at radius 2 is 2.14 bits per heavy atom. The number of carbonyl (C=O) groups is 1. The number of carbonyl (C=O) groups excluding carboxylic acids is 1. The Labute approximate surface area is 128 Å². The molecular weight excluding hydrogens is 286 g/mol. The van der Waals surface area contributed by atoms with Crippen LogP contribution in [0.25, 0.3) is 0 Å².